The van der Waals surface area contributed by atoms with Crippen molar-refractivity contribution < 1.29 is 8.42 Å². The van der Waals surface area contributed by atoms with Crippen LogP contribution >= 0.6 is 0 Å². The monoisotopic (exact) mass is 381 g/mol. The second-order valence-corrected chi connectivity index (χ2v) is 7.98. The van der Waals surface area contributed by atoms with E-state index in [1.165, 1.54) is 24.8 Å². The van der Waals surface area contributed by atoms with Crippen molar-refractivity contribution in [2.75, 3.05) is 6.54 Å². The van der Waals surface area contributed by atoms with Crippen LogP contribution in [-0.4, -0.2) is 33.9 Å². The van der Waals surface area contributed by atoms with Crippen molar-refractivity contribution in [3.8, 4) is 0 Å². The average Bonchev–Trinajstić information content (AvgIpc) is 3.42. The summed E-state index contributed by atoms with van der Waals surface area (Å²) in [6.45, 7) is -0.0833. The van der Waals surface area contributed by atoms with Gasteiger partial charge in [-0.1, -0.05) is 0 Å². The quantitative estimate of drug-likeness (QED) is 0.649. The molecule has 1 aliphatic carbocycles. The van der Waals surface area contributed by atoms with Crippen molar-refractivity contribution in [1.82, 2.24) is 23.6 Å². The second-order valence-electron chi connectivity index (χ2n) is 6.24. The largest absolute Gasteiger partial charge is 0.330 e. The second kappa shape index (κ2) is 6.65. The first-order valence-corrected chi connectivity index (χ1v) is 9.53. The van der Waals surface area contributed by atoms with Crippen LogP contribution in [0.25, 0.3) is 0 Å². The van der Waals surface area contributed by atoms with Gasteiger partial charge in [0.05, 0.1) is 12.2 Å². The summed E-state index contributed by atoms with van der Waals surface area (Å²) in [5.41, 5.74) is -1.04. The Labute approximate surface area is 148 Å². The van der Waals surface area contributed by atoms with Gasteiger partial charge in [-0.2, -0.15) is 5.10 Å². The van der Waals surface area contributed by atoms with E-state index in [2.05, 4.69) is 9.82 Å². The molecule has 0 radical (unpaired) electrons. The molecule has 1 saturated carbocycles. The molecule has 2 heterocycles. The third kappa shape index (κ3) is 3.53. The summed E-state index contributed by atoms with van der Waals surface area (Å²) in [4.78, 5) is 35.0. The maximum Gasteiger partial charge on any atom is 0.330 e. The number of rotatable bonds is 6. The van der Waals surface area contributed by atoms with Gasteiger partial charge in [0.2, 0.25) is 10.0 Å². The molecule has 2 aromatic rings. The van der Waals surface area contributed by atoms with Crippen LogP contribution in [0.4, 0.5) is 0 Å². The van der Waals surface area contributed by atoms with E-state index < -0.39 is 26.2 Å². The van der Waals surface area contributed by atoms with Gasteiger partial charge in [-0.25, -0.2) is 22.6 Å². The molecule has 0 bridgehead atoms. The molecule has 1 fully saturated rings. The summed E-state index contributed by atoms with van der Waals surface area (Å²) in [7, 11) is -1.58. The Balaban J connectivity index is 1.78. The minimum atomic E-state index is -4.14. The van der Waals surface area contributed by atoms with E-state index in [1.54, 1.807) is 6.07 Å². The summed E-state index contributed by atoms with van der Waals surface area (Å²) in [5.74, 6) is 0.368. The minimum absolute atomic E-state index is 0.0324. The number of hydrogen-bond donors (Lipinski definition) is 1. The third-order valence-corrected chi connectivity index (χ3v) is 5.65. The third-order valence-electron chi connectivity index (χ3n) is 4.20. The van der Waals surface area contributed by atoms with E-state index in [4.69, 9.17) is 0 Å². The van der Waals surface area contributed by atoms with Gasteiger partial charge in [0.1, 0.15) is 0 Å². The Hall–Kier alpha value is -2.53. The molecule has 0 amide bonds. The number of nitrogens with zero attached hydrogens (tertiary/aromatic N) is 4. The fraction of sp³-hybridized carbons (Fsp3) is 0.467. The minimum Gasteiger partial charge on any atom is -0.302 e. The summed E-state index contributed by atoms with van der Waals surface area (Å²) in [6, 6.07) is 3.10. The number of aromatic nitrogens is 4. The van der Waals surface area contributed by atoms with Crippen LogP contribution in [0, 0.1) is 0 Å². The summed E-state index contributed by atoms with van der Waals surface area (Å²) >= 11 is 0. The lowest BCUT2D eigenvalue weighted by molar-refractivity contribution is 0.537. The average molecular weight is 381 g/mol. The van der Waals surface area contributed by atoms with E-state index in [-0.39, 0.29) is 18.6 Å². The molecule has 2 aromatic heterocycles. The highest BCUT2D eigenvalue weighted by Gasteiger charge is 2.25. The zero-order valence-corrected chi connectivity index (χ0v) is 15.2. The summed E-state index contributed by atoms with van der Waals surface area (Å²) < 4.78 is 30.0. The molecule has 0 atom stereocenters. The number of hydrogen-bond acceptors (Lipinski definition) is 6. The van der Waals surface area contributed by atoms with Crippen LogP contribution in [0.2, 0.25) is 0 Å². The molecule has 3 rings (SSSR count). The standard InChI is InChI=1S/C15H19N5O5S/c1-18-9-12(14(22)19(2)15(18)23)26(24,25)16-7-8-20-13(21)6-5-11(17-20)10-3-4-10/h5-6,9-10,16H,3-4,7-8H2,1-2H3. The molecule has 1 N–H and O–H groups in total. The first-order valence-electron chi connectivity index (χ1n) is 8.05. The Morgan fingerprint density at radius 3 is 2.54 bits per heavy atom. The maximum atomic E-state index is 12.4. The van der Waals surface area contributed by atoms with E-state index in [0.29, 0.717) is 5.92 Å². The van der Waals surface area contributed by atoms with Crippen molar-refractivity contribution in [2.45, 2.75) is 30.2 Å². The van der Waals surface area contributed by atoms with Gasteiger partial charge in [0.25, 0.3) is 11.1 Å². The molecular weight excluding hydrogens is 362 g/mol. The smallest absolute Gasteiger partial charge is 0.302 e. The van der Waals surface area contributed by atoms with Crippen molar-refractivity contribution in [1.29, 1.82) is 0 Å². The van der Waals surface area contributed by atoms with Gasteiger partial charge < -0.3 is 4.57 Å². The zero-order chi connectivity index (χ0) is 19.1. The lowest BCUT2D eigenvalue weighted by atomic mass is 10.3. The fourth-order valence-electron chi connectivity index (χ4n) is 2.54. The van der Waals surface area contributed by atoms with Crippen molar-refractivity contribution in [2.24, 2.45) is 14.1 Å². The highest BCUT2D eigenvalue weighted by atomic mass is 32.2. The van der Waals surface area contributed by atoms with Crippen molar-refractivity contribution in [3.05, 3.63) is 55.2 Å². The highest BCUT2D eigenvalue weighted by Crippen LogP contribution is 2.38. The SMILES string of the molecule is Cn1cc(S(=O)(=O)NCCn2nc(C3CC3)ccc2=O)c(=O)n(C)c1=O. The molecule has 11 heteroatoms. The van der Waals surface area contributed by atoms with Crippen LogP contribution in [0.5, 0.6) is 0 Å². The van der Waals surface area contributed by atoms with Gasteiger partial charge in [0, 0.05) is 38.8 Å². The summed E-state index contributed by atoms with van der Waals surface area (Å²) in [6.07, 6.45) is 3.05. The van der Waals surface area contributed by atoms with E-state index in [1.807, 2.05) is 0 Å². The van der Waals surface area contributed by atoms with Crippen LogP contribution in [0.15, 0.2) is 37.6 Å². The first-order chi connectivity index (χ1) is 12.2. The Morgan fingerprint density at radius 1 is 1.19 bits per heavy atom. The normalized spacial score (nSPS) is 14.5. The van der Waals surface area contributed by atoms with Crippen LogP contribution in [0.3, 0.4) is 0 Å². The fourth-order valence-corrected chi connectivity index (χ4v) is 3.72. The molecule has 1 aliphatic rings. The molecule has 10 nitrogen and oxygen atoms in total. The Kier molecular flexibility index (Phi) is 4.67. The molecule has 26 heavy (non-hydrogen) atoms. The zero-order valence-electron chi connectivity index (χ0n) is 14.4. The van der Waals surface area contributed by atoms with Gasteiger partial charge in [-0.05, 0) is 18.9 Å². The predicted molar refractivity (Wildman–Crippen MR) is 92.6 cm³/mol. The molecule has 0 spiro atoms. The van der Waals surface area contributed by atoms with Crippen LogP contribution < -0.4 is 21.5 Å². The lowest BCUT2D eigenvalue weighted by Crippen LogP contribution is -2.42. The van der Waals surface area contributed by atoms with Crippen LogP contribution in [-0.2, 0) is 30.7 Å². The van der Waals surface area contributed by atoms with Gasteiger partial charge in [0.15, 0.2) is 4.90 Å². The van der Waals surface area contributed by atoms with Crippen molar-refractivity contribution >= 4 is 10.0 Å². The van der Waals surface area contributed by atoms with Gasteiger partial charge >= 0.3 is 5.69 Å². The Morgan fingerprint density at radius 2 is 1.88 bits per heavy atom. The van der Waals surface area contributed by atoms with Gasteiger partial charge in [-0.3, -0.25) is 14.2 Å². The van der Waals surface area contributed by atoms with Gasteiger partial charge in [-0.15, -0.1) is 0 Å². The number of nitrogens with one attached hydrogen (secondary N) is 1. The molecule has 140 valence electrons. The van der Waals surface area contributed by atoms with E-state index in [0.717, 1.165) is 33.9 Å². The predicted octanol–water partition coefficient (Wildman–Crippen LogP) is -1.50. The van der Waals surface area contributed by atoms with Crippen molar-refractivity contribution in [3.63, 3.8) is 0 Å². The van der Waals surface area contributed by atoms with E-state index in [9.17, 15) is 22.8 Å². The molecule has 0 saturated heterocycles. The number of aryl methyl sites for hydroxylation is 1. The van der Waals surface area contributed by atoms with E-state index >= 15 is 0 Å². The highest BCUT2D eigenvalue weighted by molar-refractivity contribution is 7.89. The maximum absolute atomic E-state index is 12.4. The Bertz CT molecular complexity index is 1120. The van der Waals surface area contributed by atoms with Crippen LogP contribution in [0.1, 0.15) is 24.5 Å². The molecular formula is C15H19N5O5S. The summed E-state index contributed by atoms with van der Waals surface area (Å²) in [5, 5.41) is 4.24. The lowest BCUT2D eigenvalue weighted by Gasteiger charge is -2.10. The number of sulfonamides is 1. The molecule has 0 unspecified atom stereocenters. The first kappa shape index (κ1) is 18.3. The topological polar surface area (TPSA) is 125 Å². The molecule has 0 aliphatic heterocycles. The molecule has 0 aromatic carbocycles.